The van der Waals surface area contributed by atoms with Gasteiger partial charge in [0.2, 0.25) is 0 Å². The molecule has 0 amide bonds. The van der Waals surface area contributed by atoms with Gasteiger partial charge in [0.05, 0.1) is 0 Å². The lowest BCUT2D eigenvalue weighted by Gasteiger charge is -2.01. The lowest BCUT2D eigenvalue weighted by atomic mass is 10.1. The second kappa shape index (κ2) is 5.72. The van der Waals surface area contributed by atoms with Gasteiger partial charge < -0.3 is 5.73 Å². The molecule has 0 aliphatic carbocycles. The number of hydrogen-bond donors (Lipinski definition) is 1. The smallest absolute Gasteiger partial charge is 0.0477 e. The van der Waals surface area contributed by atoms with E-state index in [1.807, 2.05) is 12.1 Å². The number of anilines is 1. The van der Waals surface area contributed by atoms with E-state index in [4.69, 9.17) is 5.73 Å². The molecular weight excluding hydrogens is 238 g/mol. The van der Waals surface area contributed by atoms with E-state index >= 15 is 0 Å². The minimum absolute atomic E-state index is 0.768. The van der Waals surface area contributed by atoms with Crippen LogP contribution in [-0.2, 0) is 6.42 Å². The van der Waals surface area contributed by atoms with Crippen LogP contribution in [0.4, 0.5) is 5.69 Å². The minimum atomic E-state index is 0.768. The van der Waals surface area contributed by atoms with Gasteiger partial charge in [0.25, 0.3) is 0 Å². The Kier molecular flexibility index (Phi) is 4.55. The van der Waals surface area contributed by atoms with Crippen LogP contribution in [-0.4, -0.2) is 5.33 Å². The minimum Gasteiger partial charge on any atom is -0.398 e. The molecule has 0 unspecified atom stereocenters. The summed E-state index contributed by atoms with van der Waals surface area (Å²) in [5.74, 6) is 6.15. The maximum Gasteiger partial charge on any atom is 0.0477 e. The monoisotopic (exact) mass is 251 g/mol. The van der Waals surface area contributed by atoms with Crippen molar-refractivity contribution in [2.45, 2.75) is 19.8 Å². The number of alkyl halides is 1. The Morgan fingerprint density at radius 1 is 1.43 bits per heavy atom. The Bertz CT molecular complexity index is 360. The van der Waals surface area contributed by atoms with Gasteiger partial charge in [-0.3, -0.25) is 0 Å². The molecule has 0 atom stereocenters. The quantitative estimate of drug-likeness (QED) is 0.488. The van der Waals surface area contributed by atoms with E-state index in [1.54, 1.807) is 0 Å². The zero-order valence-electron chi connectivity index (χ0n) is 8.31. The van der Waals surface area contributed by atoms with E-state index in [1.165, 1.54) is 5.56 Å². The third-order valence-electron chi connectivity index (χ3n) is 1.97. The molecule has 1 aromatic rings. The van der Waals surface area contributed by atoms with Gasteiger partial charge in [0.1, 0.15) is 0 Å². The van der Waals surface area contributed by atoms with Crippen molar-refractivity contribution >= 4 is 21.6 Å². The van der Waals surface area contributed by atoms with Gasteiger partial charge in [-0.25, -0.2) is 0 Å². The Hall–Kier alpha value is -0.940. The highest BCUT2D eigenvalue weighted by Crippen LogP contribution is 2.13. The van der Waals surface area contributed by atoms with Crippen LogP contribution in [0.2, 0.25) is 0 Å². The normalized spacial score (nSPS) is 9.29. The summed E-state index contributed by atoms with van der Waals surface area (Å²) in [5.41, 5.74) is 8.81. The van der Waals surface area contributed by atoms with Gasteiger partial charge in [0, 0.05) is 23.0 Å². The van der Waals surface area contributed by atoms with Gasteiger partial charge in [-0.1, -0.05) is 40.8 Å². The molecule has 74 valence electrons. The van der Waals surface area contributed by atoms with E-state index < -0.39 is 0 Å². The van der Waals surface area contributed by atoms with Crippen molar-refractivity contribution in [1.82, 2.24) is 0 Å². The highest BCUT2D eigenvalue weighted by molar-refractivity contribution is 9.09. The summed E-state index contributed by atoms with van der Waals surface area (Å²) in [5, 5.41) is 0.910. The number of hydrogen-bond acceptors (Lipinski definition) is 1. The predicted molar refractivity (Wildman–Crippen MR) is 65.5 cm³/mol. The van der Waals surface area contributed by atoms with Crippen molar-refractivity contribution < 1.29 is 0 Å². The highest BCUT2D eigenvalue weighted by atomic mass is 79.9. The summed E-state index contributed by atoms with van der Waals surface area (Å²) in [6.45, 7) is 2.13. The van der Waals surface area contributed by atoms with Gasteiger partial charge in [-0.15, -0.1) is 0 Å². The molecule has 0 heterocycles. The molecule has 0 aliphatic heterocycles. The van der Waals surface area contributed by atoms with Crippen molar-refractivity contribution in [1.29, 1.82) is 0 Å². The molecule has 0 aliphatic rings. The first kappa shape index (κ1) is 11.1. The van der Waals surface area contributed by atoms with E-state index in [9.17, 15) is 0 Å². The van der Waals surface area contributed by atoms with Crippen LogP contribution in [0.5, 0.6) is 0 Å². The first-order valence-corrected chi connectivity index (χ1v) is 5.83. The summed E-state index contributed by atoms with van der Waals surface area (Å²) in [4.78, 5) is 0. The molecule has 0 bridgehead atoms. The van der Waals surface area contributed by atoms with Crippen LogP contribution in [0.15, 0.2) is 18.2 Å². The Balaban J connectivity index is 2.91. The summed E-state index contributed by atoms with van der Waals surface area (Å²) in [6.07, 6.45) is 1.88. The summed E-state index contributed by atoms with van der Waals surface area (Å²) >= 11 is 3.34. The lowest BCUT2D eigenvalue weighted by Crippen LogP contribution is -1.92. The van der Waals surface area contributed by atoms with Crippen LogP contribution in [0.3, 0.4) is 0 Å². The number of aryl methyl sites for hydroxylation is 1. The predicted octanol–water partition coefficient (Wildman–Crippen LogP) is 2.97. The van der Waals surface area contributed by atoms with Gasteiger partial charge in [-0.05, 0) is 24.1 Å². The third kappa shape index (κ3) is 3.08. The van der Waals surface area contributed by atoms with E-state index in [2.05, 4.69) is 40.8 Å². The number of nitrogens with two attached hydrogens (primary N) is 1. The molecule has 0 fully saturated rings. The van der Waals surface area contributed by atoms with Gasteiger partial charge in [-0.2, -0.15) is 0 Å². The second-order valence-electron chi connectivity index (χ2n) is 3.02. The van der Waals surface area contributed by atoms with Crippen LogP contribution in [0.1, 0.15) is 24.5 Å². The fourth-order valence-corrected chi connectivity index (χ4v) is 1.33. The molecule has 1 rings (SSSR count). The molecule has 2 heteroatoms. The molecule has 0 saturated heterocycles. The second-order valence-corrected chi connectivity index (χ2v) is 3.81. The molecule has 2 N–H and O–H groups in total. The molecule has 0 radical (unpaired) electrons. The third-order valence-corrected chi connectivity index (χ3v) is 2.37. The van der Waals surface area contributed by atoms with Crippen molar-refractivity contribution in [3.8, 4) is 11.8 Å². The molecule has 0 saturated carbocycles. The molecule has 0 spiro atoms. The fourth-order valence-electron chi connectivity index (χ4n) is 1.14. The zero-order valence-corrected chi connectivity index (χ0v) is 9.89. The number of benzene rings is 1. The lowest BCUT2D eigenvalue weighted by molar-refractivity contribution is 1.14. The maximum absolute atomic E-state index is 5.81. The summed E-state index contributed by atoms with van der Waals surface area (Å²) < 4.78 is 0. The molecule has 1 nitrogen and oxygen atoms in total. The standard InChI is InChI=1S/C12H14BrN/c1-2-10-6-7-12(14)11(9-10)5-3-4-8-13/h6-7,9H,2,4,8,14H2,1H3. The van der Waals surface area contributed by atoms with Crippen molar-refractivity contribution in [2.75, 3.05) is 11.1 Å². The Morgan fingerprint density at radius 3 is 2.86 bits per heavy atom. The van der Waals surface area contributed by atoms with Gasteiger partial charge in [0.15, 0.2) is 0 Å². The largest absolute Gasteiger partial charge is 0.398 e. The summed E-state index contributed by atoms with van der Waals surface area (Å²) in [7, 11) is 0. The van der Waals surface area contributed by atoms with Crippen molar-refractivity contribution in [3.63, 3.8) is 0 Å². The van der Waals surface area contributed by atoms with E-state index in [0.29, 0.717) is 0 Å². The van der Waals surface area contributed by atoms with Crippen LogP contribution < -0.4 is 5.73 Å². The first-order valence-electron chi connectivity index (χ1n) is 4.71. The van der Waals surface area contributed by atoms with E-state index in [-0.39, 0.29) is 0 Å². The van der Waals surface area contributed by atoms with Gasteiger partial charge >= 0.3 is 0 Å². The van der Waals surface area contributed by atoms with Crippen LogP contribution in [0, 0.1) is 11.8 Å². The van der Waals surface area contributed by atoms with Crippen LogP contribution >= 0.6 is 15.9 Å². The van der Waals surface area contributed by atoms with Crippen molar-refractivity contribution in [3.05, 3.63) is 29.3 Å². The molecule has 0 aromatic heterocycles. The SMILES string of the molecule is CCc1ccc(N)c(C#CCCBr)c1. The average Bonchev–Trinajstić information content (AvgIpc) is 2.21. The van der Waals surface area contributed by atoms with Crippen LogP contribution in [0.25, 0.3) is 0 Å². The molecule has 14 heavy (non-hydrogen) atoms. The molecule has 1 aromatic carbocycles. The first-order chi connectivity index (χ1) is 6.77. The maximum atomic E-state index is 5.81. The average molecular weight is 252 g/mol. The number of nitrogen functional groups attached to an aromatic ring is 1. The van der Waals surface area contributed by atoms with Crippen molar-refractivity contribution in [2.24, 2.45) is 0 Å². The summed E-state index contributed by atoms with van der Waals surface area (Å²) in [6, 6.07) is 6.04. The fraction of sp³-hybridized carbons (Fsp3) is 0.333. The number of rotatable bonds is 2. The Labute approximate surface area is 93.8 Å². The highest BCUT2D eigenvalue weighted by Gasteiger charge is 1.96. The Morgan fingerprint density at radius 2 is 2.21 bits per heavy atom. The number of halogens is 1. The topological polar surface area (TPSA) is 26.0 Å². The zero-order chi connectivity index (χ0) is 10.4. The van der Waals surface area contributed by atoms with E-state index in [0.717, 1.165) is 29.4 Å². The molecular formula is C12H14BrN.